The van der Waals surface area contributed by atoms with Gasteiger partial charge >= 0.3 is 5.97 Å². The molecule has 132 valence electrons. The number of hydrogen-bond acceptors (Lipinski definition) is 5. The van der Waals surface area contributed by atoms with Gasteiger partial charge in [0.1, 0.15) is 12.4 Å². The van der Waals surface area contributed by atoms with E-state index in [0.717, 1.165) is 5.56 Å². The minimum Gasteiger partial charge on any atom is -0.468 e. The van der Waals surface area contributed by atoms with E-state index >= 15 is 0 Å². The van der Waals surface area contributed by atoms with E-state index < -0.39 is 11.8 Å². The highest BCUT2D eigenvalue weighted by molar-refractivity contribution is 6.30. The van der Waals surface area contributed by atoms with Gasteiger partial charge in [0, 0.05) is 26.1 Å². The zero-order valence-electron chi connectivity index (χ0n) is 13.4. The van der Waals surface area contributed by atoms with Crippen molar-refractivity contribution >= 4 is 23.5 Å². The van der Waals surface area contributed by atoms with E-state index in [0.29, 0.717) is 26.2 Å². The predicted molar refractivity (Wildman–Crippen MR) is 86.2 cm³/mol. The zero-order chi connectivity index (χ0) is 17.5. The van der Waals surface area contributed by atoms with Crippen molar-refractivity contribution in [3.8, 4) is 0 Å². The lowest BCUT2D eigenvalue weighted by Crippen LogP contribution is -2.40. The van der Waals surface area contributed by atoms with Crippen molar-refractivity contribution in [1.82, 2.24) is 10.2 Å². The summed E-state index contributed by atoms with van der Waals surface area (Å²) in [5.74, 6) is -1.16. The van der Waals surface area contributed by atoms with Crippen LogP contribution in [0.5, 0.6) is 0 Å². The Labute approximate surface area is 144 Å². The molecular formula is C16H20ClFN2O4. The number of ether oxygens (including phenoxy) is 2. The molecule has 1 N–H and O–H groups in total. The number of methoxy groups -OCH3 is 1. The maximum atomic E-state index is 13.2. The Morgan fingerprint density at radius 2 is 2.29 bits per heavy atom. The molecule has 1 unspecified atom stereocenters. The van der Waals surface area contributed by atoms with Gasteiger partial charge in [0.05, 0.1) is 24.8 Å². The van der Waals surface area contributed by atoms with E-state index in [9.17, 15) is 14.0 Å². The molecule has 2 rings (SSSR count). The third-order valence-corrected chi connectivity index (χ3v) is 4.07. The largest absolute Gasteiger partial charge is 0.468 e. The summed E-state index contributed by atoms with van der Waals surface area (Å²) in [5.41, 5.74) is 0.807. The summed E-state index contributed by atoms with van der Waals surface area (Å²) in [6.07, 6.45) is 0.0587. The van der Waals surface area contributed by atoms with Crippen LogP contribution in [0, 0.1) is 5.82 Å². The smallest absolute Gasteiger partial charge is 0.325 e. The normalized spacial score (nSPS) is 18.2. The fraction of sp³-hybridized carbons (Fsp3) is 0.500. The zero-order valence-corrected chi connectivity index (χ0v) is 14.1. The van der Waals surface area contributed by atoms with Crippen molar-refractivity contribution in [2.24, 2.45) is 0 Å². The lowest BCUT2D eigenvalue weighted by atomic mass is 10.1. The Morgan fingerprint density at radius 1 is 1.50 bits per heavy atom. The number of nitrogens with zero attached hydrogens (tertiary/aromatic N) is 1. The number of morpholine rings is 1. The van der Waals surface area contributed by atoms with Crippen LogP contribution in [0.1, 0.15) is 18.1 Å². The lowest BCUT2D eigenvalue weighted by molar-refractivity contribution is -0.141. The van der Waals surface area contributed by atoms with E-state index in [-0.39, 0.29) is 30.0 Å². The summed E-state index contributed by atoms with van der Waals surface area (Å²) in [7, 11) is 1.27. The number of esters is 1. The maximum absolute atomic E-state index is 13.2. The monoisotopic (exact) mass is 358 g/mol. The van der Waals surface area contributed by atoms with E-state index in [1.807, 2.05) is 0 Å². The second-order valence-electron chi connectivity index (χ2n) is 5.44. The molecule has 1 aliphatic heterocycles. The van der Waals surface area contributed by atoms with Gasteiger partial charge in [-0.15, -0.1) is 0 Å². The van der Waals surface area contributed by atoms with Crippen LogP contribution in [-0.2, 0) is 19.1 Å². The van der Waals surface area contributed by atoms with Gasteiger partial charge in [0.25, 0.3) is 0 Å². The van der Waals surface area contributed by atoms with Crippen LogP contribution in [-0.4, -0.2) is 56.7 Å². The van der Waals surface area contributed by atoms with Crippen LogP contribution >= 0.6 is 11.6 Å². The Morgan fingerprint density at radius 3 is 3.00 bits per heavy atom. The number of halogens is 2. The molecule has 1 atom stereocenters. The van der Waals surface area contributed by atoms with E-state index in [1.165, 1.54) is 13.2 Å². The van der Waals surface area contributed by atoms with E-state index in [4.69, 9.17) is 16.3 Å². The summed E-state index contributed by atoms with van der Waals surface area (Å²) in [4.78, 5) is 24.8. The molecule has 1 aromatic carbocycles. The number of carbonyl (C=O) groups excluding carboxylic acids is 2. The molecule has 1 fully saturated rings. The van der Waals surface area contributed by atoms with Gasteiger partial charge in [0.15, 0.2) is 0 Å². The summed E-state index contributed by atoms with van der Waals surface area (Å²) >= 11 is 5.81. The number of carbonyl (C=O) groups is 2. The maximum Gasteiger partial charge on any atom is 0.325 e. The van der Waals surface area contributed by atoms with Gasteiger partial charge in [-0.25, -0.2) is 4.39 Å². The predicted octanol–water partition coefficient (Wildman–Crippen LogP) is 1.53. The van der Waals surface area contributed by atoms with Crippen LogP contribution in [0.25, 0.3) is 0 Å². The van der Waals surface area contributed by atoms with Gasteiger partial charge in [-0.05, 0) is 17.7 Å². The molecule has 24 heavy (non-hydrogen) atoms. The van der Waals surface area contributed by atoms with Crippen molar-refractivity contribution in [3.63, 3.8) is 0 Å². The first-order valence-corrected chi connectivity index (χ1v) is 8.00. The molecule has 6 nitrogen and oxygen atoms in total. The third-order valence-electron chi connectivity index (χ3n) is 3.78. The molecule has 1 aromatic rings. The molecule has 0 aromatic heterocycles. The second-order valence-corrected chi connectivity index (χ2v) is 5.84. The fourth-order valence-corrected chi connectivity index (χ4v) is 2.60. The lowest BCUT2D eigenvalue weighted by Gasteiger charge is -2.33. The molecule has 0 spiro atoms. The highest BCUT2D eigenvalue weighted by atomic mass is 35.5. The van der Waals surface area contributed by atoms with Crippen LogP contribution in [0.4, 0.5) is 4.39 Å². The van der Waals surface area contributed by atoms with Gasteiger partial charge in [-0.3, -0.25) is 14.5 Å². The van der Waals surface area contributed by atoms with Gasteiger partial charge in [-0.2, -0.15) is 0 Å². The molecule has 0 saturated carbocycles. The van der Waals surface area contributed by atoms with Crippen LogP contribution in [0.3, 0.4) is 0 Å². The molecule has 1 aliphatic rings. The summed E-state index contributed by atoms with van der Waals surface area (Å²) < 4.78 is 23.4. The topological polar surface area (TPSA) is 67.9 Å². The number of amides is 1. The SMILES string of the molecule is COC(=O)CNC(=O)CCN1CCOC(c2ccc(F)c(Cl)c2)C1. The summed E-state index contributed by atoms with van der Waals surface area (Å²) in [6.45, 7) is 2.22. The molecular weight excluding hydrogens is 339 g/mol. The average molecular weight is 359 g/mol. The number of rotatable bonds is 6. The van der Waals surface area contributed by atoms with Crippen LogP contribution in [0.15, 0.2) is 18.2 Å². The molecule has 8 heteroatoms. The van der Waals surface area contributed by atoms with Crippen molar-refractivity contribution in [2.45, 2.75) is 12.5 Å². The molecule has 0 aliphatic carbocycles. The third kappa shape index (κ3) is 5.43. The summed E-state index contributed by atoms with van der Waals surface area (Å²) in [5, 5.41) is 2.56. The highest BCUT2D eigenvalue weighted by Crippen LogP contribution is 2.26. The van der Waals surface area contributed by atoms with Crippen LogP contribution < -0.4 is 5.32 Å². The molecule has 0 bridgehead atoms. The number of nitrogens with one attached hydrogen (secondary N) is 1. The standard InChI is InChI=1S/C16H20ClFN2O4/c1-23-16(22)9-19-15(21)4-5-20-6-7-24-14(10-20)11-2-3-13(18)12(17)8-11/h2-3,8,14H,4-7,9-10H2,1H3,(H,19,21). The molecule has 1 heterocycles. The Bertz CT molecular complexity index is 599. The summed E-state index contributed by atoms with van der Waals surface area (Å²) in [6, 6.07) is 4.53. The average Bonchev–Trinajstić information content (AvgIpc) is 2.60. The number of benzene rings is 1. The highest BCUT2D eigenvalue weighted by Gasteiger charge is 2.23. The Kier molecular flexibility index (Phi) is 6.96. The van der Waals surface area contributed by atoms with Gasteiger partial charge in [0.2, 0.25) is 5.91 Å². The second kappa shape index (κ2) is 8.96. The minimum atomic E-state index is -0.483. The first-order valence-electron chi connectivity index (χ1n) is 7.62. The van der Waals surface area contributed by atoms with Crippen molar-refractivity contribution < 1.29 is 23.5 Å². The quantitative estimate of drug-likeness (QED) is 0.781. The minimum absolute atomic E-state index is 0.0652. The van der Waals surface area contributed by atoms with Gasteiger partial charge in [-0.1, -0.05) is 17.7 Å². The van der Waals surface area contributed by atoms with Gasteiger partial charge < -0.3 is 14.8 Å². The first-order chi connectivity index (χ1) is 11.5. The van der Waals surface area contributed by atoms with Crippen molar-refractivity contribution in [1.29, 1.82) is 0 Å². The molecule has 1 saturated heterocycles. The van der Waals surface area contributed by atoms with E-state index in [1.54, 1.807) is 12.1 Å². The molecule has 0 radical (unpaired) electrons. The molecule has 1 amide bonds. The van der Waals surface area contributed by atoms with E-state index in [2.05, 4.69) is 15.0 Å². The Balaban J connectivity index is 1.81. The first kappa shape index (κ1) is 18.6. The Hall–Kier alpha value is -1.70. The number of hydrogen-bond donors (Lipinski definition) is 1. The van der Waals surface area contributed by atoms with Crippen LogP contribution in [0.2, 0.25) is 5.02 Å². The fourth-order valence-electron chi connectivity index (χ4n) is 2.41. The van der Waals surface area contributed by atoms with Crippen molar-refractivity contribution in [3.05, 3.63) is 34.6 Å². The van der Waals surface area contributed by atoms with Crippen molar-refractivity contribution in [2.75, 3.05) is 39.9 Å².